The maximum atomic E-state index is 9.20. The van der Waals surface area contributed by atoms with Crippen molar-refractivity contribution >= 4 is 0 Å². The maximum Gasteiger partial charge on any atom is 0.0558 e. The summed E-state index contributed by atoms with van der Waals surface area (Å²) in [6.07, 6.45) is 2.84. The summed E-state index contributed by atoms with van der Waals surface area (Å²) in [4.78, 5) is 6.50. The first-order chi connectivity index (χ1) is 9.78. The molecular weight excluding hydrogens is 248 g/mol. The lowest BCUT2D eigenvalue weighted by atomic mass is 10.1. The number of hydrogen-bond acceptors (Lipinski definition) is 3. The van der Waals surface area contributed by atoms with Crippen LogP contribution in [0.15, 0.2) is 48.7 Å². The third-order valence-electron chi connectivity index (χ3n) is 3.34. The Labute approximate surface area is 120 Å². The number of aliphatic hydroxyl groups excluding tert-OH is 1. The average molecular weight is 270 g/mol. The van der Waals surface area contributed by atoms with Gasteiger partial charge < -0.3 is 5.11 Å². The van der Waals surface area contributed by atoms with Crippen LogP contribution in [-0.4, -0.2) is 34.7 Å². The average Bonchev–Trinajstić information content (AvgIpc) is 2.46. The van der Waals surface area contributed by atoms with Crippen molar-refractivity contribution in [2.45, 2.75) is 19.9 Å². The van der Waals surface area contributed by atoms with Crippen molar-refractivity contribution < 1.29 is 5.11 Å². The van der Waals surface area contributed by atoms with E-state index in [1.807, 2.05) is 19.2 Å². The molecule has 0 aliphatic carbocycles. The molecule has 0 saturated carbocycles. The summed E-state index contributed by atoms with van der Waals surface area (Å²) in [5.74, 6) is 0. The van der Waals surface area contributed by atoms with Crippen molar-refractivity contribution in [2.24, 2.45) is 0 Å². The molecule has 0 atom stereocenters. The molecule has 1 heterocycles. The highest BCUT2D eigenvalue weighted by Crippen LogP contribution is 2.07. The van der Waals surface area contributed by atoms with Crippen molar-refractivity contribution in [1.29, 1.82) is 0 Å². The first-order valence-electron chi connectivity index (χ1n) is 7.06. The SMILES string of the molecule is Cc1cc(CCN(CCO)Cc2ccccc2)ccn1. The molecule has 2 aromatic rings. The minimum absolute atomic E-state index is 0.197. The maximum absolute atomic E-state index is 9.20. The molecule has 0 saturated heterocycles. The summed E-state index contributed by atoms with van der Waals surface area (Å²) in [7, 11) is 0. The van der Waals surface area contributed by atoms with Crippen molar-refractivity contribution in [2.75, 3.05) is 19.7 Å². The molecule has 3 heteroatoms. The van der Waals surface area contributed by atoms with Crippen LogP contribution in [0.5, 0.6) is 0 Å². The molecule has 106 valence electrons. The molecule has 3 nitrogen and oxygen atoms in total. The number of hydrogen-bond donors (Lipinski definition) is 1. The Morgan fingerprint density at radius 1 is 1.05 bits per heavy atom. The van der Waals surface area contributed by atoms with Crippen molar-refractivity contribution in [3.05, 3.63) is 65.5 Å². The number of aromatic nitrogens is 1. The standard InChI is InChI=1S/C17H22N2O/c1-15-13-16(7-9-18-15)8-10-19(11-12-20)14-17-5-3-2-4-6-17/h2-7,9,13,20H,8,10-12,14H2,1H3. The highest BCUT2D eigenvalue weighted by atomic mass is 16.3. The van der Waals surface area contributed by atoms with Crippen LogP contribution in [0.1, 0.15) is 16.8 Å². The van der Waals surface area contributed by atoms with E-state index in [0.717, 1.165) is 25.2 Å². The molecule has 1 N–H and O–H groups in total. The van der Waals surface area contributed by atoms with Gasteiger partial charge >= 0.3 is 0 Å². The molecule has 0 amide bonds. The zero-order valence-corrected chi connectivity index (χ0v) is 12.0. The first kappa shape index (κ1) is 14.7. The van der Waals surface area contributed by atoms with E-state index in [1.165, 1.54) is 11.1 Å². The van der Waals surface area contributed by atoms with Gasteiger partial charge in [0, 0.05) is 31.5 Å². The largest absolute Gasteiger partial charge is 0.395 e. The molecular formula is C17H22N2O. The molecule has 0 aliphatic rings. The van der Waals surface area contributed by atoms with Gasteiger partial charge in [-0.2, -0.15) is 0 Å². The number of benzene rings is 1. The quantitative estimate of drug-likeness (QED) is 0.839. The van der Waals surface area contributed by atoms with Gasteiger partial charge in [0.1, 0.15) is 0 Å². The van der Waals surface area contributed by atoms with Gasteiger partial charge in [-0.3, -0.25) is 9.88 Å². The van der Waals surface area contributed by atoms with Gasteiger partial charge in [-0.25, -0.2) is 0 Å². The van der Waals surface area contributed by atoms with Crippen LogP contribution in [0.2, 0.25) is 0 Å². The summed E-state index contributed by atoms with van der Waals surface area (Å²) in [6.45, 7) is 4.74. The third kappa shape index (κ3) is 4.76. The highest BCUT2D eigenvalue weighted by molar-refractivity contribution is 5.16. The van der Waals surface area contributed by atoms with E-state index < -0.39 is 0 Å². The lowest BCUT2D eigenvalue weighted by molar-refractivity contribution is 0.191. The molecule has 0 bridgehead atoms. The molecule has 0 spiro atoms. The number of pyridine rings is 1. The van der Waals surface area contributed by atoms with E-state index in [-0.39, 0.29) is 6.61 Å². The second kappa shape index (κ2) is 7.78. The number of nitrogens with zero attached hydrogens (tertiary/aromatic N) is 2. The summed E-state index contributed by atoms with van der Waals surface area (Å²) < 4.78 is 0. The Morgan fingerprint density at radius 3 is 2.55 bits per heavy atom. The molecule has 1 aromatic heterocycles. The van der Waals surface area contributed by atoms with Crippen LogP contribution in [0, 0.1) is 6.92 Å². The van der Waals surface area contributed by atoms with Crippen LogP contribution >= 0.6 is 0 Å². The van der Waals surface area contributed by atoms with Gasteiger partial charge in [-0.1, -0.05) is 30.3 Å². The van der Waals surface area contributed by atoms with Gasteiger partial charge in [0.2, 0.25) is 0 Å². The van der Waals surface area contributed by atoms with Crippen LogP contribution in [-0.2, 0) is 13.0 Å². The molecule has 20 heavy (non-hydrogen) atoms. The van der Waals surface area contributed by atoms with Gasteiger partial charge in [-0.15, -0.1) is 0 Å². The van der Waals surface area contributed by atoms with E-state index in [4.69, 9.17) is 0 Å². The summed E-state index contributed by atoms with van der Waals surface area (Å²) in [5, 5.41) is 9.20. The Kier molecular flexibility index (Phi) is 5.71. The smallest absolute Gasteiger partial charge is 0.0558 e. The minimum Gasteiger partial charge on any atom is -0.395 e. The number of rotatable bonds is 7. The molecule has 0 unspecified atom stereocenters. The summed E-state index contributed by atoms with van der Waals surface area (Å²) in [5.41, 5.74) is 3.64. The molecule has 2 rings (SSSR count). The zero-order chi connectivity index (χ0) is 14.2. The second-order valence-corrected chi connectivity index (χ2v) is 5.04. The normalized spacial score (nSPS) is 10.9. The van der Waals surface area contributed by atoms with E-state index in [2.05, 4.69) is 46.3 Å². The molecule has 0 radical (unpaired) electrons. The first-order valence-corrected chi connectivity index (χ1v) is 7.06. The minimum atomic E-state index is 0.197. The van der Waals surface area contributed by atoms with Crippen LogP contribution in [0.25, 0.3) is 0 Å². The van der Waals surface area contributed by atoms with E-state index in [1.54, 1.807) is 0 Å². The fourth-order valence-corrected chi connectivity index (χ4v) is 2.30. The highest BCUT2D eigenvalue weighted by Gasteiger charge is 2.06. The van der Waals surface area contributed by atoms with E-state index in [9.17, 15) is 5.11 Å². The Balaban J connectivity index is 1.92. The van der Waals surface area contributed by atoms with E-state index >= 15 is 0 Å². The Hall–Kier alpha value is -1.71. The predicted molar refractivity (Wildman–Crippen MR) is 81.5 cm³/mol. The zero-order valence-electron chi connectivity index (χ0n) is 12.0. The van der Waals surface area contributed by atoms with Crippen molar-refractivity contribution in [1.82, 2.24) is 9.88 Å². The lowest BCUT2D eigenvalue weighted by Crippen LogP contribution is -2.28. The fourth-order valence-electron chi connectivity index (χ4n) is 2.30. The lowest BCUT2D eigenvalue weighted by Gasteiger charge is -2.21. The number of aliphatic hydroxyl groups is 1. The topological polar surface area (TPSA) is 36.4 Å². The van der Waals surface area contributed by atoms with Crippen LogP contribution in [0.4, 0.5) is 0 Å². The Morgan fingerprint density at radius 2 is 1.85 bits per heavy atom. The van der Waals surface area contributed by atoms with Crippen molar-refractivity contribution in [3.63, 3.8) is 0 Å². The number of aryl methyl sites for hydroxylation is 1. The summed E-state index contributed by atoms with van der Waals surface area (Å²) in [6, 6.07) is 14.6. The molecule has 0 fully saturated rings. The Bertz CT molecular complexity index is 513. The van der Waals surface area contributed by atoms with Gasteiger partial charge in [0.15, 0.2) is 0 Å². The third-order valence-corrected chi connectivity index (χ3v) is 3.34. The summed E-state index contributed by atoms with van der Waals surface area (Å²) >= 11 is 0. The van der Waals surface area contributed by atoms with Crippen LogP contribution < -0.4 is 0 Å². The molecule has 1 aromatic carbocycles. The van der Waals surface area contributed by atoms with Gasteiger partial charge in [0.05, 0.1) is 6.61 Å². The second-order valence-electron chi connectivity index (χ2n) is 5.04. The van der Waals surface area contributed by atoms with Crippen LogP contribution in [0.3, 0.4) is 0 Å². The van der Waals surface area contributed by atoms with Crippen molar-refractivity contribution in [3.8, 4) is 0 Å². The monoisotopic (exact) mass is 270 g/mol. The van der Waals surface area contributed by atoms with E-state index in [0.29, 0.717) is 6.54 Å². The molecule has 0 aliphatic heterocycles. The van der Waals surface area contributed by atoms with Gasteiger partial charge in [-0.05, 0) is 36.6 Å². The fraction of sp³-hybridized carbons (Fsp3) is 0.353. The van der Waals surface area contributed by atoms with Gasteiger partial charge in [0.25, 0.3) is 0 Å². The predicted octanol–water partition coefficient (Wildman–Crippen LogP) is 2.43.